The molecule has 0 aliphatic carbocycles. The van der Waals surface area contributed by atoms with Crippen LogP contribution in [0.3, 0.4) is 0 Å². The molecule has 0 aromatic heterocycles. The van der Waals surface area contributed by atoms with Crippen molar-refractivity contribution in [1.82, 2.24) is 0 Å². The van der Waals surface area contributed by atoms with Gasteiger partial charge in [0, 0.05) is 6.54 Å². The van der Waals surface area contributed by atoms with E-state index in [1.54, 1.807) is 0 Å². The van der Waals surface area contributed by atoms with Crippen LogP contribution in [0.15, 0.2) is 24.3 Å². The van der Waals surface area contributed by atoms with E-state index in [9.17, 15) is 5.11 Å². The lowest BCUT2D eigenvalue weighted by Crippen LogP contribution is -2.46. The third-order valence-corrected chi connectivity index (χ3v) is 3.35. The van der Waals surface area contributed by atoms with Crippen molar-refractivity contribution in [1.29, 1.82) is 0 Å². The molecule has 3 nitrogen and oxygen atoms in total. The summed E-state index contributed by atoms with van der Waals surface area (Å²) in [4.78, 5) is 2.25. The van der Waals surface area contributed by atoms with E-state index in [1.165, 1.54) is 12.8 Å². The number of hydrogen-bond donors (Lipinski definition) is 2. The molecule has 1 fully saturated rings. The van der Waals surface area contributed by atoms with E-state index in [2.05, 4.69) is 4.90 Å². The number of nitrogens with zero attached hydrogens (tertiary/aromatic N) is 1. The summed E-state index contributed by atoms with van der Waals surface area (Å²) >= 11 is 0. The fraction of sp³-hybridized carbons (Fsp3) is 0.538. The second-order valence-electron chi connectivity index (χ2n) is 4.56. The van der Waals surface area contributed by atoms with Gasteiger partial charge in [-0.05, 0) is 38.3 Å². The van der Waals surface area contributed by atoms with Gasteiger partial charge in [-0.25, -0.2) is 0 Å². The molecule has 2 rings (SSSR count). The van der Waals surface area contributed by atoms with E-state index < -0.39 is 0 Å². The second kappa shape index (κ2) is 4.74. The molecule has 0 radical (unpaired) electrons. The molecule has 0 spiro atoms. The maximum absolute atomic E-state index is 9.82. The first-order chi connectivity index (χ1) is 7.70. The van der Waals surface area contributed by atoms with Crippen molar-refractivity contribution in [3.63, 3.8) is 0 Å². The molecule has 1 aromatic carbocycles. The Labute approximate surface area is 96.9 Å². The summed E-state index contributed by atoms with van der Waals surface area (Å²) in [5.74, 6) is 0. The van der Waals surface area contributed by atoms with Crippen molar-refractivity contribution in [3.05, 3.63) is 24.3 Å². The predicted molar refractivity (Wildman–Crippen MR) is 67.5 cm³/mol. The molecule has 1 heterocycles. The lowest BCUT2D eigenvalue weighted by Gasteiger charge is -2.39. The van der Waals surface area contributed by atoms with E-state index >= 15 is 0 Å². The van der Waals surface area contributed by atoms with Crippen molar-refractivity contribution < 1.29 is 5.11 Å². The minimum absolute atomic E-state index is 0.207. The van der Waals surface area contributed by atoms with Gasteiger partial charge in [0.2, 0.25) is 0 Å². The Morgan fingerprint density at radius 2 is 2.12 bits per heavy atom. The van der Waals surface area contributed by atoms with Gasteiger partial charge in [0.15, 0.2) is 0 Å². The summed E-state index contributed by atoms with van der Waals surface area (Å²) in [6, 6.07) is 8.11. The van der Waals surface area contributed by atoms with Crippen LogP contribution in [0.25, 0.3) is 0 Å². The number of piperidine rings is 1. The van der Waals surface area contributed by atoms with Crippen LogP contribution in [0.5, 0.6) is 0 Å². The van der Waals surface area contributed by atoms with Crippen molar-refractivity contribution in [3.8, 4) is 0 Å². The molecule has 1 aliphatic rings. The molecule has 1 saturated heterocycles. The van der Waals surface area contributed by atoms with E-state index in [0.717, 1.165) is 24.3 Å². The Morgan fingerprint density at radius 3 is 2.81 bits per heavy atom. The standard InChI is InChI=1S/C13H20N2O/c1-10(16)12-7-4-5-9-15(12)13-8-3-2-6-11(13)14/h2-3,6,8,10,12,16H,4-5,7,9,14H2,1H3/t10-,12-/m0/s1. The van der Waals surface area contributed by atoms with Crippen molar-refractivity contribution >= 4 is 11.4 Å². The topological polar surface area (TPSA) is 49.5 Å². The first-order valence-electron chi connectivity index (χ1n) is 5.99. The molecule has 0 saturated carbocycles. The number of rotatable bonds is 2. The summed E-state index contributed by atoms with van der Waals surface area (Å²) in [6.45, 7) is 2.85. The van der Waals surface area contributed by atoms with Gasteiger partial charge in [0.25, 0.3) is 0 Å². The molecule has 2 atom stereocenters. The monoisotopic (exact) mass is 220 g/mol. The Morgan fingerprint density at radius 1 is 1.38 bits per heavy atom. The summed E-state index contributed by atoms with van der Waals surface area (Å²) in [5.41, 5.74) is 7.85. The predicted octanol–water partition coefficient (Wildman–Crippen LogP) is 2.01. The Balaban J connectivity index is 2.27. The number of aliphatic hydroxyl groups excluding tert-OH is 1. The van der Waals surface area contributed by atoms with Crippen LogP contribution in [-0.4, -0.2) is 23.8 Å². The quantitative estimate of drug-likeness (QED) is 0.750. The number of anilines is 2. The van der Waals surface area contributed by atoms with Crippen molar-refractivity contribution in [2.45, 2.75) is 38.3 Å². The van der Waals surface area contributed by atoms with E-state index in [0.29, 0.717) is 0 Å². The number of nitrogen functional groups attached to an aromatic ring is 1. The van der Waals surface area contributed by atoms with E-state index in [-0.39, 0.29) is 12.1 Å². The molecule has 16 heavy (non-hydrogen) atoms. The Kier molecular flexibility index (Phi) is 3.34. The summed E-state index contributed by atoms with van der Waals surface area (Å²) in [5, 5.41) is 9.82. The fourth-order valence-corrected chi connectivity index (χ4v) is 2.51. The highest BCUT2D eigenvalue weighted by Gasteiger charge is 2.27. The summed E-state index contributed by atoms with van der Waals surface area (Å²) in [6.07, 6.45) is 3.11. The fourth-order valence-electron chi connectivity index (χ4n) is 2.51. The van der Waals surface area contributed by atoms with Crippen LogP contribution in [0, 0.1) is 0 Å². The summed E-state index contributed by atoms with van der Waals surface area (Å²) < 4.78 is 0. The molecule has 0 amide bonds. The molecule has 3 N–H and O–H groups in total. The van der Waals surface area contributed by atoms with Crippen LogP contribution in [0.1, 0.15) is 26.2 Å². The number of aliphatic hydroxyl groups is 1. The molecule has 1 aromatic rings. The van der Waals surface area contributed by atoms with Gasteiger partial charge in [-0.15, -0.1) is 0 Å². The molecule has 88 valence electrons. The number of para-hydroxylation sites is 2. The van der Waals surface area contributed by atoms with Gasteiger partial charge in [0.1, 0.15) is 0 Å². The van der Waals surface area contributed by atoms with E-state index in [4.69, 9.17) is 5.73 Å². The lowest BCUT2D eigenvalue weighted by atomic mass is 9.97. The molecule has 1 aliphatic heterocycles. The average molecular weight is 220 g/mol. The van der Waals surface area contributed by atoms with E-state index in [1.807, 2.05) is 31.2 Å². The molecule has 3 heteroatoms. The van der Waals surface area contributed by atoms with Gasteiger partial charge in [-0.1, -0.05) is 12.1 Å². The van der Waals surface area contributed by atoms with Gasteiger partial charge >= 0.3 is 0 Å². The highest BCUT2D eigenvalue weighted by atomic mass is 16.3. The minimum atomic E-state index is -0.306. The number of benzene rings is 1. The van der Waals surface area contributed by atoms with Crippen molar-refractivity contribution in [2.75, 3.05) is 17.2 Å². The first-order valence-corrected chi connectivity index (χ1v) is 5.99. The average Bonchev–Trinajstić information content (AvgIpc) is 2.29. The second-order valence-corrected chi connectivity index (χ2v) is 4.56. The highest BCUT2D eigenvalue weighted by molar-refractivity contribution is 5.68. The van der Waals surface area contributed by atoms with Gasteiger partial charge in [-0.3, -0.25) is 0 Å². The molecular formula is C13H20N2O. The minimum Gasteiger partial charge on any atom is -0.397 e. The molecule has 0 unspecified atom stereocenters. The number of hydrogen-bond acceptors (Lipinski definition) is 3. The zero-order chi connectivity index (χ0) is 11.5. The van der Waals surface area contributed by atoms with Gasteiger partial charge < -0.3 is 15.7 Å². The van der Waals surface area contributed by atoms with Gasteiger partial charge in [-0.2, -0.15) is 0 Å². The van der Waals surface area contributed by atoms with Crippen LogP contribution in [0.2, 0.25) is 0 Å². The molecular weight excluding hydrogens is 200 g/mol. The van der Waals surface area contributed by atoms with Crippen LogP contribution >= 0.6 is 0 Å². The Hall–Kier alpha value is -1.22. The molecule has 0 bridgehead atoms. The highest BCUT2D eigenvalue weighted by Crippen LogP contribution is 2.30. The van der Waals surface area contributed by atoms with Crippen LogP contribution in [-0.2, 0) is 0 Å². The maximum atomic E-state index is 9.82. The SMILES string of the molecule is C[C@H](O)[C@@H]1CCCCN1c1ccccc1N. The maximum Gasteiger partial charge on any atom is 0.0715 e. The van der Waals surface area contributed by atoms with Crippen LogP contribution < -0.4 is 10.6 Å². The van der Waals surface area contributed by atoms with Gasteiger partial charge in [0.05, 0.1) is 23.5 Å². The third kappa shape index (κ3) is 2.14. The largest absolute Gasteiger partial charge is 0.397 e. The van der Waals surface area contributed by atoms with Crippen molar-refractivity contribution in [2.24, 2.45) is 0 Å². The van der Waals surface area contributed by atoms with Crippen LogP contribution in [0.4, 0.5) is 11.4 Å². The lowest BCUT2D eigenvalue weighted by molar-refractivity contribution is 0.146. The zero-order valence-corrected chi connectivity index (χ0v) is 9.76. The third-order valence-electron chi connectivity index (χ3n) is 3.35. The number of nitrogens with two attached hydrogens (primary N) is 1. The zero-order valence-electron chi connectivity index (χ0n) is 9.76. The smallest absolute Gasteiger partial charge is 0.0715 e. The summed E-state index contributed by atoms with van der Waals surface area (Å²) in [7, 11) is 0. The first kappa shape index (κ1) is 11.3. The Bertz CT molecular complexity index is 352. The normalized spacial score (nSPS) is 23.1.